The smallest absolute Gasteiger partial charge is 0.184 e. The lowest BCUT2D eigenvalue weighted by Gasteiger charge is -2.51. The molecule has 0 aromatic heterocycles. The molecule has 0 spiro atoms. The third-order valence-corrected chi connectivity index (χ3v) is 12.2. The summed E-state index contributed by atoms with van der Waals surface area (Å²) in [7, 11) is 0. The van der Waals surface area contributed by atoms with Crippen molar-refractivity contribution in [1.82, 2.24) is 0 Å². The first kappa shape index (κ1) is 37.5. The molecule has 9 heteroatoms. The lowest BCUT2D eigenvalue weighted by Crippen LogP contribution is -2.60. The lowest BCUT2D eigenvalue weighted by atomic mass is 9.78. The van der Waals surface area contributed by atoms with Gasteiger partial charge in [-0.3, -0.25) is 0 Å². The van der Waals surface area contributed by atoms with Crippen LogP contribution in [0.25, 0.3) is 0 Å². The van der Waals surface area contributed by atoms with Crippen LogP contribution in [0.3, 0.4) is 0 Å². The molecule has 0 saturated carbocycles. The van der Waals surface area contributed by atoms with Crippen LogP contribution in [0.4, 0.5) is 0 Å². The molecule has 2 N–H and O–H groups in total. The fourth-order valence-corrected chi connectivity index (χ4v) is 8.23. The molecule has 264 valence electrons. The highest BCUT2D eigenvalue weighted by molar-refractivity contribution is 4.94. The number of hydrogen-bond acceptors (Lipinski definition) is 9. The molecule has 0 bridgehead atoms. The zero-order chi connectivity index (χ0) is 33.3. The van der Waals surface area contributed by atoms with Crippen molar-refractivity contribution in [3.05, 3.63) is 0 Å². The maximum absolute atomic E-state index is 11.6. The van der Waals surface area contributed by atoms with E-state index < -0.39 is 24.8 Å². The van der Waals surface area contributed by atoms with Crippen molar-refractivity contribution in [1.29, 1.82) is 0 Å². The van der Waals surface area contributed by atoms with Crippen LogP contribution in [0.2, 0.25) is 0 Å². The molecule has 4 heterocycles. The third kappa shape index (κ3) is 7.62. The van der Waals surface area contributed by atoms with Crippen molar-refractivity contribution in [3.63, 3.8) is 0 Å². The van der Waals surface area contributed by atoms with E-state index in [0.717, 1.165) is 25.7 Å². The Bertz CT molecular complexity index is 898. The molecule has 4 saturated heterocycles. The summed E-state index contributed by atoms with van der Waals surface area (Å²) in [4.78, 5) is 0. The molecule has 11 unspecified atom stereocenters. The summed E-state index contributed by atoms with van der Waals surface area (Å²) in [6.45, 7) is 25.5. The van der Waals surface area contributed by atoms with Gasteiger partial charge in [-0.1, -0.05) is 76.2 Å². The molecule has 0 aromatic rings. The van der Waals surface area contributed by atoms with Gasteiger partial charge >= 0.3 is 0 Å². The summed E-state index contributed by atoms with van der Waals surface area (Å²) in [6, 6.07) is 0. The summed E-state index contributed by atoms with van der Waals surface area (Å²) < 4.78 is 45.7. The van der Waals surface area contributed by atoms with E-state index in [9.17, 15) is 10.2 Å². The number of hydrogen-bond donors (Lipinski definition) is 2. The van der Waals surface area contributed by atoms with Gasteiger partial charge in [-0.15, -0.1) is 0 Å². The summed E-state index contributed by atoms with van der Waals surface area (Å²) in [5.41, 5.74) is 0. The van der Waals surface area contributed by atoms with Gasteiger partial charge in [0.05, 0.1) is 54.9 Å². The normalized spacial score (nSPS) is 52.9. The molecule has 20 atom stereocenters. The largest absolute Gasteiger partial charge is 0.390 e. The summed E-state index contributed by atoms with van der Waals surface area (Å²) >= 11 is 0. The Morgan fingerprint density at radius 3 is 1.29 bits per heavy atom. The van der Waals surface area contributed by atoms with Crippen LogP contribution in [-0.4, -0.2) is 90.1 Å². The average molecular weight is 643 g/mol. The second-order valence-corrected chi connectivity index (χ2v) is 14.9. The van der Waals surface area contributed by atoms with Crippen LogP contribution >= 0.6 is 0 Å². The monoisotopic (exact) mass is 642 g/mol. The molecule has 4 rings (SSSR count). The summed E-state index contributed by atoms with van der Waals surface area (Å²) in [6.07, 6.45) is -1.34. The minimum atomic E-state index is -0.863. The minimum Gasteiger partial charge on any atom is -0.390 e. The van der Waals surface area contributed by atoms with E-state index in [1.807, 2.05) is 20.8 Å². The first-order chi connectivity index (χ1) is 21.3. The number of aliphatic hydroxyl groups is 2. The van der Waals surface area contributed by atoms with Gasteiger partial charge in [0.15, 0.2) is 18.9 Å². The maximum atomic E-state index is 11.6. The number of aliphatic hydroxyl groups excluding tert-OH is 2. The third-order valence-electron chi connectivity index (χ3n) is 12.2. The van der Waals surface area contributed by atoms with Gasteiger partial charge in [0, 0.05) is 23.7 Å². The lowest BCUT2D eigenvalue weighted by molar-refractivity contribution is -0.362. The van der Waals surface area contributed by atoms with Crippen LogP contribution in [0.1, 0.15) is 109 Å². The summed E-state index contributed by atoms with van der Waals surface area (Å²) in [5.74, 6) is 0.979. The second-order valence-electron chi connectivity index (χ2n) is 14.9. The molecule has 45 heavy (non-hydrogen) atoms. The highest BCUT2D eigenvalue weighted by Crippen LogP contribution is 2.42. The molecular formula is C36H66O9. The van der Waals surface area contributed by atoms with E-state index >= 15 is 0 Å². The maximum Gasteiger partial charge on any atom is 0.184 e. The minimum absolute atomic E-state index is 0.0102. The molecular weight excluding hydrogens is 576 g/mol. The molecule has 4 fully saturated rings. The van der Waals surface area contributed by atoms with Gasteiger partial charge in [-0.25, -0.2) is 0 Å². The van der Waals surface area contributed by atoms with Crippen LogP contribution in [-0.2, 0) is 33.2 Å². The Labute approximate surface area is 273 Å². The predicted octanol–water partition coefficient (Wildman–Crippen LogP) is 5.92. The molecule has 0 amide bonds. The fraction of sp³-hybridized carbons (Fsp3) is 1.00. The molecule has 0 aromatic carbocycles. The molecule has 4 aliphatic rings. The zero-order valence-electron chi connectivity index (χ0n) is 30.1. The molecule has 0 radical (unpaired) electrons. The van der Waals surface area contributed by atoms with Crippen molar-refractivity contribution in [2.45, 2.75) is 189 Å². The van der Waals surface area contributed by atoms with E-state index in [1.54, 1.807) is 0 Å². The van der Waals surface area contributed by atoms with Gasteiger partial charge in [0.1, 0.15) is 6.10 Å². The van der Waals surface area contributed by atoms with E-state index in [4.69, 9.17) is 33.2 Å². The Morgan fingerprint density at radius 1 is 0.400 bits per heavy atom. The van der Waals surface area contributed by atoms with Gasteiger partial charge in [0.25, 0.3) is 0 Å². The van der Waals surface area contributed by atoms with E-state index in [0.29, 0.717) is 11.8 Å². The Hall–Kier alpha value is -0.360. The van der Waals surface area contributed by atoms with Crippen LogP contribution in [0.5, 0.6) is 0 Å². The van der Waals surface area contributed by atoms with E-state index in [-0.39, 0.29) is 84.7 Å². The Balaban J connectivity index is 1.43. The average Bonchev–Trinajstić information content (AvgIpc) is 3.03. The number of ether oxygens (including phenoxy) is 7. The van der Waals surface area contributed by atoms with Crippen molar-refractivity contribution < 1.29 is 43.4 Å². The van der Waals surface area contributed by atoms with Crippen molar-refractivity contribution in [2.75, 3.05) is 0 Å². The molecule has 0 aliphatic carbocycles. The standard InChI is InChI=1S/C36H66O9/c1-13-25-18(6)17(5)20(8)34(40-25)44-33-23(11)30(38)36(42-28(33)16-4)45-31-19(7)21(9)35(41-27(31)15-3)43-32-22(10)29(37)24(12)39-26(32)14-2/h17-38H,13-16H2,1-12H3/t17?,18-,19+,20?,21?,22+,23?,24?,25?,26?,27?,28?,29?,30?,31+,32+,33-,34+,35-,36+/m0/s1. The topological polar surface area (TPSA) is 105 Å². The number of rotatable bonds is 10. The second kappa shape index (κ2) is 15.9. The SMILES string of the molecule is CCC1O[C@H](O[C@@H]2C(CC)O[C@H](O[C@H]3C(CC)O[C@@H](O[C@H]4C(CC)OC(C)C(O)[C@H]4C)C(C)[C@H]3C)C(O)C2C)C(C)C(C)[C@@H]1C. The van der Waals surface area contributed by atoms with Gasteiger partial charge in [0.2, 0.25) is 0 Å². The van der Waals surface area contributed by atoms with Crippen molar-refractivity contribution in [2.24, 2.45) is 41.4 Å². The van der Waals surface area contributed by atoms with Crippen LogP contribution in [0, 0.1) is 41.4 Å². The quantitative estimate of drug-likeness (QED) is 0.301. The van der Waals surface area contributed by atoms with Crippen molar-refractivity contribution in [3.8, 4) is 0 Å². The Kier molecular flexibility index (Phi) is 13.2. The van der Waals surface area contributed by atoms with Gasteiger partial charge in [-0.2, -0.15) is 0 Å². The van der Waals surface area contributed by atoms with E-state index in [2.05, 4.69) is 62.3 Å². The molecule has 9 nitrogen and oxygen atoms in total. The van der Waals surface area contributed by atoms with Gasteiger partial charge in [-0.05, 0) is 50.4 Å². The fourth-order valence-electron chi connectivity index (χ4n) is 8.23. The van der Waals surface area contributed by atoms with Crippen molar-refractivity contribution >= 4 is 0 Å². The summed E-state index contributed by atoms with van der Waals surface area (Å²) in [5, 5.41) is 22.3. The highest BCUT2D eigenvalue weighted by atomic mass is 16.7. The molecule has 4 aliphatic heterocycles. The highest BCUT2D eigenvalue weighted by Gasteiger charge is 2.51. The first-order valence-electron chi connectivity index (χ1n) is 18.2. The zero-order valence-corrected chi connectivity index (χ0v) is 30.1. The van der Waals surface area contributed by atoms with Crippen LogP contribution < -0.4 is 0 Å². The van der Waals surface area contributed by atoms with Gasteiger partial charge < -0.3 is 43.4 Å². The van der Waals surface area contributed by atoms with Crippen LogP contribution in [0.15, 0.2) is 0 Å². The predicted molar refractivity (Wildman–Crippen MR) is 172 cm³/mol. The Morgan fingerprint density at radius 2 is 0.778 bits per heavy atom. The van der Waals surface area contributed by atoms with E-state index in [1.165, 1.54) is 0 Å². The first-order valence-corrected chi connectivity index (χ1v) is 18.2.